The van der Waals surface area contributed by atoms with E-state index in [0.29, 0.717) is 12.8 Å². The summed E-state index contributed by atoms with van der Waals surface area (Å²) in [5.74, 6) is -0.921. The van der Waals surface area contributed by atoms with Crippen molar-refractivity contribution < 1.29 is 22.9 Å². The Balaban J connectivity index is 3.95. The van der Waals surface area contributed by atoms with Gasteiger partial charge in [0, 0.05) is 6.42 Å². The molecule has 0 rings (SSSR count). The molecule has 0 saturated carbocycles. The molecule has 0 bridgehead atoms. The minimum absolute atomic E-state index is 0.265. The second kappa shape index (κ2) is 30.3. The highest BCUT2D eigenvalue weighted by molar-refractivity contribution is 7.85. The van der Waals surface area contributed by atoms with Crippen molar-refractivity contribution >= 4 is 16.0 Å². The van der Waals surface area contributed by atoms with Gasteiger partial charge in [-0.3, -0.25) is 9.35 Å². The Morgan fingerprint density at radius 3 is 1.65 bits per heavy atom. The summed E-state index contributed by atoms with van der Waals surface area (Å²) >= 11 is 0. The van der Waals surface area contributed by atoms with Crippen LogP contribution in [0.4, 0.5) is 0 Å². The van der Waals surface area contributed by atoms with Gasteiger partial charge in [0.05, 0.1) is 17.9 Å². The van der Waals surface area contributed by atoms with Crippen molar-refractivity contribution in [3.05, 3.63) is 48.6 Å². The first-order chi connectivity index (χ1) is 20.8. The first kappa shape index (κ1) is 41.3. The zero-order valence-electron chi connectivity index (χ0n) is 27.6. The second-order valence-electron chi connectivity index (χ2n) is 11.8. The van der Waals surface area contributed by atoms with Gasteiger partial charge in [0.25, 0.3) is 10.1 Å². The van der Waals surface area contributed by atoms with E-state index in [1.807, 2.05) is 0 Å². The van der Waals surface area contributed by atoms with Crippen LogP contribution in [0.15, 0.2) is 48.6 Å². The number of allylic oxidation sites excluding steroid dienone is 8. The molecule has 0 aliphatic heterocycles. The lowest BCUT2D eigenvalue weighted by Gasteiger charge is -2.23. The first-order valence-electron chi connectivity index (χ1n) is 17.3. The minimum atomic E-state index is -4.31. The van der Waals surface area contributed by atoms with Gasteiger partial charge in [-0.25, -0.2) is 0 Å². The number of amides is 1. The number of aliphatic hydroxyl groups excluding tert-OH is 1. The fourth-order valence-corrected chi connectivity index (χ4v) is 5.73. The van der Waals surface area contributed by atoms with Crippen LogP contribution in [0.1, 0.15) is 155 Å². The van der Waals surface area contributed by atoms with Crippen molar-refractivity contribution in [1.29, 1.82) is 0 Å². The molecule has 0 saturated heterocycles. The normalized spacial score (nSPS) is 14.0. The highest BCUT2D eigenvalue weighted by atomic mass is 32.2. The van der Waals surface area contributed by atoms with Gasteiger partial charge >= 0.3 is 0 Å². The molecule has 0 heterocycles. The average Bonchev–Trinajstić information content (AvgIpc) is 2.96. The molecular weight excluding hydrogens is 558 g/mol. The third kappa shape index (κ3) is 31.5. The number of aliphatic hydroxyl groups is 1. The molecule has 0 spiro atoms. The molecule has 3 N–H and O–H groups in total. The molecule has 250 valence electrons. The topological polar surface area (TPSA) is 104 Å². The molecule has 0 aromatic rings. The fourth-order valence-electron chi connectivity index (χ4n) is 4.97. The standard InChI is InChI=1S/C36H65NO5S/c1-3-5-7-9-11-13-14-15-16-17-18-19-20-21-22-24-26-28-30-32-36(39)37-34(33-43(40,41)42)35(38)31-29-27-25-23-12-10-8-6-4-2/h5,7,11,13,15-16,18-19,34-35,38H,3-4,6,8-10,12,14,17,20-33H2,1-2H3,(H,37,39)(H,40,41,42)/b7-5-,13-11-,16-15-,19-18-. The SMILES string of the molecule is CC/C=C\C/C=C\C/C=C\C/C=C\CCCCCCCCC(=O)NC(CS(=O)(=O)O)C(O)CCCCCCCCCCC. The van der Waals surface area contributed by atoms with E-state index in [-0.39, 0.29) is 5.91 Å². The predicted molar refractivity (Wildman–Crippen MR) is 184 cm³/mol. The first-order valence-corrected chi connectivity index (χ1v) is 18.9. The van der Waals surface area contributed by atoms with Crippen LogP contribution in [0.25, 0.3) is 0 Å². The van der Waals surface area contributed by atoms with E-state index < -0.39 is 28.0 Å². The number of carbonyl (C=O) groups excluding carboxylic acids is 1. The predicted octanol–water partition coefficient (Wildman–Crippen LogP) is 9.57. The molecule has 0 aliphatic rings. The Kier molecular flexibility index (Phi) is 29.1. The molecule has 2 atom stereocenters. The third-order valence-corrected chi connectivity index (χ3v) is 8.33. The molecule has 0 aromatic carbocycles. The lowest BCUT2D eigenvalue weighted by Crippen LogP contribution is -2.47. The number of hydrogen-bond acceptors (Lipinski definition) is 4. The van der Waals surface area contributed by atoms with Crippen molar-refractivity contribution in [1.82, 2.24) is 5.32 Å². The van der Waals surface area contributed by atoms with Gasteiger partial charge < -0.3 is 10.4 Å². The maximum atomic E-state index is 12.4. The monoisotopic (exact) mass is 623 g/mol. The van der Waals surface area contributed by atoms with Gasteiger partial charge in [-0.1, -0.05) is 146 Å². The molecule has 0 aromatic heterocycles. The number of rotatable bonds is 30. The third-order valence-electron chi connectivity index (χ3n) is 7.55. The molecule has 1 amide bonds. The largest absolute Gasteiger partial charge is 0.391 e. The maximum Gasteiger partial charge on any atom is 0.266 e. The van der Waals surface area contributed by atoms with Crippen molar-refractivity contribution in [2.75, 3.05) is 5.75 Å². The van der Waals surface area contributed by atoms with Crippen LogP contribution in [0, 0.1) is 0 Å². The Bertz CT molecular complexity index is 863. The molecule has 43 heavy (non-hydrogen) atoms. The van der Waals surface area contributed by atoms with E-state index in [0.717, 1.165) is 77.0 Å². The fraction of sp³-hybridized carbons (Fsp3) is 0.750. The quantitative estimate of drug-likeness (QED) is 0.0420. The van der Waals surface area contributed by atoms with E-state index in [4.69, 9.17) is 0 Å². The molecule has 0 radical (unpaired) electrons. The highest BCUT2D eigenvalue weighted by Gasteiger charge is 2.26. The number of carbonyl (C=O) groups is 1. The highest BCUT2D eigenvalue weighted by Crippen LogP contribution is 2.14. The number of unbranched alkanes of at least 4 members (excludes halogenated alkanes) is 14. The van der Waals surface area contributed by atoms with E-state index >= 15 is 0 Å². The van der Waals surface area contributed by atoms with E-state index in [1.54, 1.807) is 0 Å². The van der Waals surface area contributed by atoms with Crippen molar-refractivity contribution in [2.24, 2.45) is 0 Å². The van der Waals surface area contributed by atoms with E-state index in [2.05, 4.69) is 67.8 Å². The number of hydrogen-bond donors (Lipinski definition) is 3. The van der Waals surface area contributed by atoms with Crippen LogP contribution in [0.3, 0.4) is 0 Å². The summed E-state index contributed by atoms with van der Waals surface area (Å²) < 4.78 is 32.3. The molecule has 0 fully saturated rings. The van der Waals surface area contributed by atoms with Gasteiger partial charge in [-0.05, 0) is 51.4 Å². The van der Waals surface area contributed by atoms with Crippen LogP contribution >= 0.6 is 0 Å². The van der Waals surface area contributed by atoms with Gasteiger partial charge in [-0.15, -0.1) is 0 Å². The molecule has 0 aliphatic carbocycles. The van der Waals surface area contributed by atoms with E-state index in [1.165, 1.54) is 51.4 Å². The van der Waals surface area contributed by atoms with E-state index in [9.17, 15) is 22.9 Å². The molecule has 7 heteroatoms. The summed E-state index contributed by atoms with van der Waals surface area (Å²) in [4.78, 5) is 12.4. The van der Waals surface area contributed by atoms with Crippen LogP contribution in [-0.4, -0.2) is 41.9 Å². The van der Waals surface area contributed by atoms with Crippen molar-refractivity contribution in [3.63, 3.8) is 0 Å². The maximum absolute atomic E-state index is 12.4. The zero-order chi connectivity index (χ0) is 31.9. The summed E-state index contributed by atoms with van der Waals surface area (Å²) in [6.45, 7) is 4.36. The smallest absolute Gasteiger partial charge is 0.266 e. The molecule has 2 unspecified atom stereocenters. The lowest BCUT2D eigenvalue weighted by atomic mass is 10.0. The summed E-state index contributed by atoms with van der Waals surface area (Å²) in [5, 5.41) is 13.2. The number of nitrogens with one attached hydrogen (secondary N) is 1. The van der Waals surface area contributed by atoms with Gasteiger partial charge in [0.1, 0.15) is 0 Å². The van der Waals surface area contributed by atoms with Crippen LogP contribution in [-0.2, 0) is 14.9 Å². The summed E-state index contributed by atoms with van der Waals surface area (Å²) in [6.07, 6.45) is 39.2. The second-order valence-corrected chi connectivity index (χ2v) is 13.3. The van der Waals surface area contributed by atoms with Crippen LogP contribution in [0.5, 0.6) is 0 Å². The summed E-state index contributed by atoms with van der Waals surface area (Å²) in [7, 11) is -4.31. The Morgan fingerprint density at radius 1 is 0.651 bits per heavy atom. The summed E-state index contributed by atoms with van der Waals surface area (Å²) in [6, 6.07) is -0.977. The summed E-state index contributed by atoms with van der Waals surface area (Å²) in [5.41, 5.74) is 0. The Labute approximate surface area is 265 Å². The lowest BCUT2D eigenvalue weighted by molar-refractivity contribution is -0.122. The molecular formula is C36H65NO5S. The van der Waals surface area contributed by atoms with Crippen molar-refractivity contribution in [2.45, 2.75) is 167 Å². The average molecular weight is 624 g/mol. The van der Waals surface area contributed by atoms with Crippen LogP contribution < -0.4 is 5.32 Å². The molecule has 6 nitrogen and oxygen atoms in total. The minimum Gasteiger partial charge on any atom is -0.391 e. The van der Waals surface area contributed by atoms with Crippen LogP contribution in [0.2, 0.25) is 0 Å². The Morgan fingerprint density at radius 2 is 1.12 bits per heavy atom. The van der Waals surface area contributed by atoms with Gasteiger partial charge in [0.2, 0.25) is 5.91 Å². The Hall–Kier alpha value is -1.70. The van der Waals surface area contributed by atoms with Gasteiger partial charge in [-0.2, -0.15) is 8.42 Å². The van der Waals surface area contributed by atoms with Gasteiger partial charge in [0.15, 0.2) is 0 Å². The zero-order valence-corrected chi connectivity index (χ0v) is 28.4. The van der Waals surface area contributed by atoms with Crippen molar-refractivity contribution in [3.8, 4) is 0 Å².